The van der Waals surface area contributed by atoms with Crippen molar-refractivity contribution in [2.24, 2.45) is 0 Å². The second-order valence-electron chi connectivity index (χ2n) is 9.17. The second kappa shape index (κ2) is 9.18. The average molecular weight is 384 g/mol. The molecule has 148 valence electrons. The third kappa shape index (κ3) is 6.03. The van der Waals surface area contributed by atoms with E-state index in [1.807, 2.05) is 0 Å². The second-order valence-corrected chi connectivity index (χ2v) is 13.9. The lowest BCUT2D eigenvalue weighted by molar-refractivity contribution is 0.0812. The van der Waals surface area contributed by atoms with Crippen LogP contribution in [0.5, 0.6) is 0 Å². The van der Waals surface area contributed by atoms with E-state index >= 15 is 0 Å². The highest BCUT2D eigenvalue weighted by Crippen LogP contribution is 2.41. The normalized spacial score (nSPS) is 15.0. The van der Waals surface area contributed by atoms with E-state index in [4.69, 9.17) is 4.43 Å². The highest BCUT2D eigenvalue weighted by Gasteiger charge is 2.41. The molecule has 0 bridgehead atoms. The van der Waals surface area contributed by atoms with Crippen molar-refractivity contribution in [1.82, 2.24) is 4.90 Å². The quantitative estimate of drug-likeness (QED) is 0.495. The van der Waals surface area contributed by atoms with E-state index in [1.54, 1.807) is 0 Å². The molecule has 0 radical (unpaired) electrons. The van der Waals surface area contributed by atoms with Gasteiger partial charge in [-0.1, -0.05) is 81.4 Å². The van der Waals surface area contributed by atoms with Gasteiger partial charge in [0.15, 0.2) is 8.32 Å². The smallest absolute Gasteiger partial charge is 0.192 e. The van der Waals surface area contributed by atoms with Gasteiger partial charge in [-0.3, -0.25) is 0 Å². The van der Waals surface area contributed by atoms with Crippen LogP contribution in [-0.2, 0) is 10.8 Å². The molecule has 2 nitrogen and oxygen atoms in total. The zero-order valence-corrected chi connectivity index (χ0v) is 19.2. The summed E-state index contributed by atoms with van der Waals surface area (Å²) in [6, 6.07) is 21.8. The molecule has 0 aliphatic heterocycles. The summed E-state index contributed by atoms with van der Waals surface area (Å²) in [5.41, 5.74) is 2.67. The van der Waals surface area contributed by atoms with E-state index in [0.717, 1.165) is 13.0 Å². The molecule has 0 spiro atoms. The van der Waals surface area contributed by atoms with Crippen LogP contribution in [0.25, 0.3) is 0 Å². The lowest BCUT2D eigenvalue weighted by atomic mass is 10.0. The Labute approximate surface area is 167 Å². The van der Waals surface area contributed by atoms with Crippen molar-refractivity contribution in [3.8, 4) is 0 Å². The Bertz CT molecular complexity index is 679. The van der Waals surface area contributed by atoms with Crippen LogP contribution in [0, 0.1) is 0 Å². The molecular formula is C24H37NOSi. The minimum absolute atomic E-state index is 0.0906. The molecule has 2 aromatic carbocycles. The highest BCUT2D eigenvalue weighted by molar-refractivity contribution is 6.74. The Hall–Kier alpha value is -1.42. The molecule has 27 heavy (non-hydrogen) atoms. The first-order valence-electron chi connectivity index (χ1n) is 10.1. The molecule has 0 heterocycles. The highest BCUT2D eigenvalue weighted by atomic mass is 28.4. The summed E-state index contributed by atoms with van der Waals surface area (Å²) in [4.78, 5) is 2.44. The fourth-order valence-corrected chi connectivity index (χ4v) is 4.29. The van der Waals surface area contributed by atoms with Gasteiger partial charge in [0.1, 0.15) is 0 Å². The van der Waals surface area contributed by atoms with E-state index < -0.39 is 8.32 Å². The van der Waals surface area contributed by atoms with Crippen LogP contribution in [0.15, 0.2) is 60.7 Å². The maximum Gasteiger partial charge on any atom is 0.192 e. The van der Waals surface area contributed by atoms with Crippen LogP contribution in [0.1, 0.15) is 44.9 Å². The SMILES string of the molecule is C[C@H]([C@@H](O[Si](C)(C)C(C)(C)C)c1ccccc1)N(C)CCc1ccccc1. The molecule has 0 aromatic heterocycles. The van der Waals surface area contributed by atoms with Gasteiger partial charge in [-0.15, -0.1) is 0 Å². The van der Waals surface area contributed by atoms with Crippen molar-refractivity contribution >= 4 is 8.32 Å². The van der Waals surface area contributed by atoms with Crippen LogP contribution in [-0.4, -0.2) is 32.9 Å². The van der Waals surface area contributed by atoms with Gasteiger partial charge in [0.05, 0.1) is 6.10 Å². The van der Waals surface area contributed by atoms with Gasteiger partial charge >= 0.3 is 0 Å². The molecule has 0 aliphatic carbocycles. The summed E-state index contributed by atoms with van der Waals surface area (Å²) in [6.45, 7) is 15.0. The number of rotatable bonds is 8. The first-order valence-corrected chi connectivity index (χ1v) is 13.0. The zero-order valence-electron chi connectivity index (χ0n) is 18.2. The first-order chi connectivity index (χ1) is 12.6. The van der Waals surface area contributed by atoms with Gasteiger partial charge in [0, 0.05) is 12.6 Å². The Morgan fingerprint density at radius 2 is 1.44 bits per heavy atom. The molecule has 2 atom stereocenters. The number of nitrogens with zero attached hydrogens (tertiary/aromatic N) is 1. The van der Waals surface area contributed by atoms with Crippen LogP contribution < -0.4 is 0 Å². The molecule has 2 aromatic rings. The minimum atomic E-state index is -1.87. The number of benzene rings is 2. The predicted octanol–water partition coefficient (Wildman–Crippen LogP) is 6.31. The van der Waals surface area contributed by atoms with Crippen LogP contribution in [0.4, 0.5) is 0 Å². The van der Waals surface area contributed by atoms with Crippen molar-refractivity contribution in [2.75, 3.05) is 13.6 Å². The molecular weight excluding hydrogens is 346 g/mol. The van der Waals surface area contributed by atoms with Crippen molar-refractivity contribution in [3.05, 3.63) is 71.8 Å². The van der Waals surface area contributed by atoms with Crippen molar-refractivity contribution < 1.29 is 4.43 Å². The third-order valence-corrected chi connectivity index (χ3v) is 10.5. The van der Waals surface area contributed by atoms with Crippen LogP contribution in [0.2, 0.25) is 18.1 Å². The van der Waals surface area contributed by atoms with E-state index in [9.17, 15) is 0 Å². The lowest BCUT2D eigenvalue weighted by Gasteiger charge is -2.43. The van der Waals surface area contributed by atoms with Gasteiger partial charge in [0.2, 0.25) is 0 Å². The molecule has 0 amide bonds. The molecule has 0 fully saturated rings. The molecule has 0 saturated carbocycles. The van der Waals surface area contributed by atoms with Gasteiger partial charge in [-0.05, 0) is 49.7 Å². The van der Waals surface area contributed by atoms with Crippen LogP contribution in [0.3, 0.4) is 0 Å². The molecule has 0 N–H and O–H groups in total. The first kappa shape index (κ1) is 21.9. The van der Waals surface area contributed by atoms with Gasteiger partial charge < -0.3 is 9.33 Å². The average Bonchev–Trinajstić information content (AvgIpc) is 2.64. The zero-order chi connectivity index (χ0) is 20.1. The number of hydrogen-bond acceptors (Lipinski definition) is 2. The maximum absolute atomic E-state index is 6.92. The van der Waals surface area contributed by atoms with E-state index in [2.05, 4.69) is 113 Å². The van der Waals surface area contributed by atoms with Crippen molar-refractivity contribution in [2.45, 2.75) is 64.4 Å². The standard InChI is InChI=1S/C24H37NOSi/c1-20(25(5)19-18-21-14-10-8-11-15-21)23(22-16-12-9-13-17-22)26-27(6,7)24(2,3)4/h8-17,20,23H,18-19H2,1-7H3/t20-,23-/m1/s1. The summed E-state index contributed by atoms with van der Waals surface area (Å²) in [5.74, 6) is 0. The summed E-state index contributed by atoms with van der Waals surface area (Å²) in [7, 11) is 0.348. The van der Waals surface area contributed by atoms with Crippen LogP contribution >= 0.6 is 0 Å². The van der Waals surface area contributed by atoms with Gasteiger partial charge in [-0.25, -0.2) is 0 Å². The third-order valence-electron chi connectivity index (χ3n) is 6.09. The summed E-state index contributed by atoms with van der Waals surface area (Å²) >= 11 is 0. The minimum Gasteiger partial charge on any atom is -0.408 e. The van der Waals surface area contributed by atoms with Gasteiger partial charge in [-0.2, -0.15) is 0 Å². The van der Waals surface area contributed by atoms with E-state index in [-0.39, 0.29) is 11.1 Å². The fraction of sp³-hybridized carbons (Fsp3) is 0.500. The maximum atomic E-state index is 6.92. The molecule has 3 heteroatoms. The summed E-state index contributed by atoms with van der Waals surface area (Å²) < 4.78 is 6.92. The Morgan fingerprint density at radius 3 is 1.96 bits per heavy atom. The topological polar surface area (TPSA) is 12.5 Å². The largest absolute Gasteiger partial charge is 0.408 e. The van der Waals surface area contributed by atoms with Gasteiger partial charge in [0.25, 0.3) is 0 Å². The summed E-state index contributed by atoms with van der Waals surface area (Å²) in [6.07, 6.45) is 1.15. The predicted molar refractivity (Wildman–Crippen MR) is 120 cm³/mol. The van der Waals surface area contributed by atoms with Crippen molar-refractivity contribution in [1.29, 1.82) is 0 Å². The molecule has 0 aliphatic rings. The number of hydrogen-bond donors (Lipinski definition) is 0. The fourth-order valence-electron chi connectivity index (χ4n) is 2.97. The monoisotopic (exact) mass is 383 g/mol. The van der Waals surface area contributed by atoms with E-state index in [0.29, 0.717) is 6.04 Å². The Balaban J connectivity index is 2.16. The number of likely N-dealkylation sites (N-methyl/N-ethyl adjacent to an activating group) is 1. The Kier molecular flexibility index (Phi) is 7.44. The molecule has 2 rings (SSSR count). The lowest BCUT2D eigenvalue weighted by Crippen LogP contribution is -2.46. The van der Waals surface area contributed by atoms with E-state index in [1.165, 1.54) is 11.1 Å². The summed E-state index contributed by atoms with van der Waals surface area (Å²) in [5, 5.41) is 0.197. The molecule has 0 unspecified atom stereocenters. The molecule has 0 saturated heterocycles. The Morgan fingerprint density at radius 1 is 0.926 bits per heavy atom. The van der Waals surface area contributed by atoms with Crippen molar-refractivity contribution in [3.63, 3.8) is 0 Å².